The lowest BCUT2D eigenvalue weighted by Crippen LogP contribution is -2.29. The second kappa shape index (κ2) is 10.2. The molecule has 1 aliphatic rings. The molecule has 0 unspecified atom stereocenters. The Labute approximate surface area is 208 Å². The molecule has 0 spiro atoms. The molecular weight excluding hydrogens is 456 g/mol. The number of fused-ring (bicyclic) bond motifs is 1. The third-order valence-electron chi connectivity index (χ3n) is 6.22. The van der Waals surface area contributed by atoms with Gasteiger partial charge in [0.25, 0.3) is 5.91 Å². The van der Waals surface area contributed by atoms with Crippen molar-refractivity contribution in [3.63, 3.8) is 0 Å². The first-order chi connectivity index (χ1) is 17.6. The van der Waals surface area contributed by atoms with E-state index in [1.54, 1.807) is 35.1 Å². The molecule has 0 aliphatic heterocycles. The SMILES string of the molecule is CCCNC(=O)Nc1cc(-c2cccc(NC(=O)c3ccc(C4CC4)cc3)c2CO)nn2ccnc12. The summed E-state index contributed by atoms with van der Waals surface area (Å²) in [7, 11) is 0. The van der Waals surface area contributed by atoms with Crippen molar-refractivity contribution in [2.45, 2.75) is 38.7 Å². The minimum atomic E-state index is -0.338. The Kier molecular flexibility index (Phi) is 6.64. The summed E-state index contributed by atoms with van der Waals surface area (Å²) in [5, 5.41) is 23.4. The van der Waals surface area contributed by atoms with E-state index in [1.165, 1.54) is 18.4 Å². The van der Waals surface area contributed by atoms with Crippen molar-refractivity contribution < 1.29 is 14.7 Å². The number of carbonyl (C=O) groups is 2. The Hall–Kier alpha value is -4.24. The van der Waals surface area contributed by atoms with Crippen LogP contribution in [0, 0.1) is 0 Å². The Balaban J connectivity index is 1.45. The van der Waals surface area contributed by atoms with Crippen LogP contribution >= 0.6 is 0 Å². The second-order valence-corrected chi connectivity index (χ2v) is 8.86. The van der Waals surface area contributed by atoms with Crippen LogP contribution in [0.5, 0.6) is 0 Å². The van der Waals surface area contributed by atoms with Crippen LogP contribution in [-0.4, -0.2) is 38.2 Å². The maximum absolute atomic E-state index is 13.0. The minimum absolute atomic E-state index is 0.253. The Morgan fingerprint density at radius 1 is 1.08 bits per heavy atom. The summed E-state index contributed by atoms with van der Waals surface area (Å²) in [6.45, 7) is 2.22. The topological polar surface area (TPSA) is 121 Å². The zero-order valence-electron chi connectivity index (χ0n) is 20.0. The first-order valence-electron chi connectivity index (χ1n) is 12.1. The van der Waals surface area contributed by atoms with E-state index in [0.717, 1.165) is 6.42 Å². The largest absolute Gasteiger partial charge is 0.392 e. The fourth-order valence-corrected chi connectivity index (χ4v) is 4.18. The molecule has 2 aromatic carbocycles. The highest BCUT2D eigenvalue weighted by Crippen LogP contribution is 2.40. The Bertz CT molecular complexity index is 1410. The lowest BCUT2D eigenvalue weighted by atomic mass is 10.0. The van der Waals surface area contributed by atoms with Gasteiger partial charge in [0.15, 0.2) is 5.65 Å². The number of carbonyl (C=O) groups excluding carboxylic acids is 2. The van der Waals surface area contributed by atoms with Crippen molar-refractivity contribution in [2.75, 3.05) is 17.2 Å². The molecule has 36 heavy (non-hydrogen) atoms. The first-order valence-corrected chi connectivity index (χ1v) is 12.1. The highest BCUT2D eigenvalue weighted by molar-refractivity contribution is 6.05. The molecule has 1 fully saturated rings. The van der Waals surface area contributed by atoms with Gasteiger partial charge in [0, 0.05) is 41.3 Å². The van der Waals surface area contributed by atoms with Gasteiger partial charge in [0.2, 0.25) is 0 Å². The second-order valence-electron chi connectivity index (χ2n) is 8.86. The molecule has 3 amide bonds. The minimum Gasteiger partial charge on any atom is -0.392 e. The number of nitrogens with zero attached hydrogens (tertiary/aromatic N) is 3. The van der Waals surface area contributed by atoms with E-state index < -0.39 is 0 Å². The smallest absolute Gasteiger partial charge is 0.319 e. The van der Waals surface area contributed by atoms with E-state index in [9.17, 15) is 14.7 Å². The standard InChI is InChI=1S/C27H28N6O3/c1-2-12-29-27(36)31-24-15-23(32-33-14-13-28-25(24)33)20-4-3-5-22(21(20)16-34)30-26(35)19-10-8-18(9-11-19)17-6-7-17/h3-5,8-11,13-15,17,34H,2,6-7,12,16H2,1H3,(H,30,35)(H2,29,31,36). The molecule has 1 aliphatic carbocycles. The summed E-state index contributed by atoms with van der Waals surface area (Å²) in [6, 6.07) is 14.4. The summed E-state index contributed by atoms with van der Waals surface area (Å²) in [5.74, 6) is 0.370. The van der Waals surface area contributed by atoms with Crippen molar-refractivity contribution >= 4 is 29.0 Å². The molecular formula is C27H28N6O3. The first kappa shape index (κ1) is 23.5. The molecule has 5 rings (SSSR count). The van der Waals surface area contributed by atoms with Crippen molar-refractivity contribution in [1.82, 2.24) is 19.9 Å². The van der Waals surface area contributed by atoms with E-state index in [4.69, 9.17) is 0 Å². The summed E-state index contributed by atoms with van der Waals surface area (Å²) >= 11 is 0. The van der Waals surface area contributed by atoms with Crippen molar-refractivity contribution in [1.29, 1.82) is 0 Å². The molecule has 9 nitrogen and oxygen atoms in total. The molecule has 9 heteroatoms. The van der Waals surface area contributed by atoms with Gasteiger partial charge in [0.1, 0.15) is 0 Å². The van der Waals surface area contributed by atoms with Crippen LogP contribution in [-0.2, 0) is 6.61 Å². The number of hydrogen-bond acceptors (Lipinski definition) is 5. The fourth-order valence-electron chi connectivity index (χ4n) is 4.18. The molecule has 2 heterocycles. The number of aliphatic hydroxyl groups excluding tert-OH is 1. The van der Waals surface area contributed by atoms with E-state index in [0.29, 0.717) is 51.9 Å². The van der Waals surface area contributed by atoms with Crippen molar-refractivity contribution in [3.8, 4) is 11.3 Å². The van der Waals surface area contributed by atoms with Gasteiger partial charge < -0.3 is 21.1 Å². The number of anilines is 2. The molecule has 0 bridgehead atoms. The van der Waals surface area contributed by atoms with E-state index >= 15 is 0 Å². The monoisotopic (exact) mass is 484 g/mol. The predicted octanol–water partition coefficient (Wildman–Crippen LogP) is 4.55. The summed E-state index contributed by atoms with van der Waals surface area (Å²) in [4.78, 5) is 29.6. The molecule has 4 aromatic rings. The molecule has 1 saturated carbocycles. The van der Waals surface area contributed by atoms with Gasteiger partial charge in [-0.1, -0.05) is 31.2 Å². The fraction of sp³-hybridized carbons (Fsp3) is 0.259. The summed E-state index contributed by atoms with van der Waals surface area (Å²) in [5.41, 5.74) is 4.95. The van der Waals surface area contributed by atoms with Crippen LogP contribution in [0.3, 0.4) is 0 Å². The average molecular weight is 485 g/mol. The van der Waals surface area contributed by atoms with Crippen LogP contribution in [0.15, 0.2) is 60.9 Å². The number of rotatable bonds is 8. The molecule has 2 aromatic heterocycles. The Morgan fingerprint density at radius 2 is 1.89 bits per heavy atom. The van der Waals surface area contributed by atoms with Gasteiger partial charge in [-0.2, -0.15) is 5.10 Å². The number of hydrogen-bond donors (Lipinski definition) is 4. The van der Waals surface area contributed by atoms with Gasteiger partial charge in [-0.05, 0) is 55.0 Å². The summed E-state index contributed by atoms with van der Waals surface area (Å²) in [6.07, 6.45) is 6.51. The number of aromatic nitrogens is 3. The van der Waals surface area contributed by atoms with Crippen molar-refractivity contribution in [2.24, 2.45) is 0 Å². The third-order valence-corrected chi connectivity index (χ3v) is 6.22. The third kappa shape index (κ3) is 4.92. The predicted molar refractivity (Wildman–Crippen MR) is 138 cm³/mol. The number of aliphatic hydroxyl groups is 1. The maximum atomic E-state index is 13.0. The van der Waals surface area contributed by atoms with E-state index in [1.807, 2.05) is 37.3 Å². The zero-order chi connectivity index (χ0) is 25.1. The van der Waals surface area contributed by atoms with E-state index in [-0.39, 0.29) is 18.5 Å². The highest BCUT2D eigenvalue weighted by atomic mass is 16.3. The van der Waals surface area contributed by atoms with Crippen LogP contribution < -0.4 is 16.0 Å². The molecule has 0 atom stereocenters. The molecule has 184 valence electrons. The average Bonchev–Trinajstić information content (AvgIpc) is 3.64. The molecule has 4 N–H and O–H groups in total. The number of nitrogens with one attached hydrogen (secondary N) is 3. The van der Waals surface area contributed by atoms with Gasteiger partial charge in [-0.15, -0.1) is 0 Å². The number of benzene rings is 2. The van der Waals surface area contributed by atoms with Gasteiger partial charge in [-0.3, -0.25) is 4.79 Å². The number of urea groups is 1. The molecule has 0 saturated heterocycles. The van der Waals surface area contributed by atoms with Crippen LogP contribution in [0.2, 0.25) is 0 Å². The summed E-state index contributed by atoms with van der Waals surface area (Å²) < 4.78 is 1.57. The molecule has 0 radical (unpaired) electrons. The highest BCUT2D eigenvalue weighted by Gasteiger charge is 2.23. The van der Waals surface area contributed by atoms with Gasteiger partial charge in [-0.25, -0.2) is 14.3 Å². The zero-order valence-corrected chi connectivity index (χ0v) is 20.0. The quantitative estimate of drug-likeness (QED) is 0.292. The number of imidazole rings is 1. The van der Waals surface area contributed by atoms with Crippen LogP contribution in [0.1, 0.15) is 53.6 Å². The lowest BCUT2D eigenvalue weighted by molar-refractivity contribution is 0.102. The van der Waals surface area contributed by atoms with Gasteiger partial charge >= 0.3 is 6.03 Å². The van der Waals surface area contributed by atoms with Crippen LogP contribution in [0.4, 0.5) is 16.2 Å². The van der Waals surface area contributed by atoms with Crippen molar-refractivity contribution in [3.05, 3.63) is 77.6 Å². The van der Waals surface area contributed by atoms with Gasteiger partial charge in [0.05, 0.1) is 18.0 Å². The number of amides is 3. The normalized spacial score (nSPS) is 12.9. The Morgan fingerprint density at radius 3 is 2.61 bits per heavy atom. The maximum Gasteiger partial charge on any atom is 0.319 e. The lowest BCUT2D eigenvalue weighted by Gasteiger charge is -2.15. The van der Waals surface area contributed by atoms with E-state index in [2.05, 4.69) is 26.0 Å². The van der Waals surface area contributed by atoms with Crippen LogP contribution in [0.25, 0.3) is 16.9 Å².